The highest BCUT2D eigenvalue weighted by molar-refractivity contribution is 7.13. The first kappa shape index (κ1) is 18.3. The van der Waals surface area contributed by atoms with Crippen LogP contribution < -0.4 is 5.32 Å². The average Bonchev–Trinajstić information content (AvgIpc) is 3.30. The maximum atomic E-state index is 12.2. The molecule has 3 aromatic heterocycles. The van der Waals surface area contributed by atoms with Gasteiger partial charge in [0.2, 0.25) is 5.91 Å². The van der Waals surface area contributed by atoms with Crippen LogP contribution in [0.3, 0.4) is 0 Å². The van der Waals surface area contributed by atoms with Gasteiger partial charge in [0.25, 0.3) is 0 Å². The minimum atomic E-state index is -0.00440. The largest absolute Gasteiger partial charge is 0.356 e. The van der Waals surface area contributed by atoms with Crippen molar-refractivity contribution in [1.29, 1.82) is 0 Å². The smallest absolute Gasteiger partial charge is 0.226 e. The number of rotatable bonds is 7. The summed E-state index contributed by atoms with van der Waals surface area (Å²) in [5.74, 6) is 0.994. The van der Waals surface area contributed by atoms with E-state index in [1.54, 1.807) is 12.4 Å². The molecule has 0 atom stereocenters. The molecule has 4 rings (SSSR count). The zero-order valence-corrected chi connectivity index (χ0v) is 16.4. The highest BCUT2D eigenvalue weighted by Gasteiger charge is 2.10. The van der Waals surface area contributed by atoms with Crippen LogP contribution in [0, 0.1) is 6.92 Å². The van der Waals surface area contributed by atoms with Crippen molar-refractivity contribution < 1.29 is 4.79 Å². The highest BCUT2D eigenvalue weighted by Crippen LogP contribution is 2.22. The molecular formula is C21H21N5OS. The van der Waals surface area contributed by atoms with Crippen LogP contribution in [0.15, 0.2) is 54.2 Å². The normalized spacial score (nSPS) is 11.0. The van der Waals surface area contributed by atoms with E-state index in [-0.39, 0.29) is 5.91 Å². The third kappa shape index (κ3) is 4.09. The Morgan fingerprint density at radius 3 is 2.93 bits per heavy atom. The summed E-state index contributed by atoms with van der Waals surface area (Å²) in [5.41, 5.74) is 3.91. The molecule has 0 saturated heterocycles. The second-order valence-corrected chi connectivity index (χ2v) is 7.42. The first-order valence-electron chi connectivity index (χ1n) is 9.24. The standard InChI is InChI=1S/C21H21N5OS/c1-15-24-18-7-2-3-8-19(18)26(15)11-5-10-23-20(27)12-17-14-28-21(25-17)16-6-4-9-22-13-16/h2-4,6-9,13-14H,5,10-12H2,1H3,(H,23,27). The Morgan fingerprint density at radius 1 is 1.18 bits per heavy atom. The summed E-state index contributed by atoms with van der Waals surface area (Å²) < 4.78 is 2.20. The second kappa shape index (κ2) is 8.31. The van der Waals surface area contributed by atoms with Crippen LogP contribution in [0.5, 0.6) is 0 Å². The van der Waals surface area contributed by atoms with Gasteiger partial charge in [-0.05, 0) is 37.6 Å². The number of carbonyl (C=O) groups is 1. The number of aryl methyl sites for hydroxylation is 2. The number of hydrogen-bond donors (Lipinski definition) is 1. The van der Waals surface area contributed by atoms with E-state index in [0.717, 1.165) is 46.1 Å². The molecule has 1 N–H and O–H groups in total. The van der Waals surface area contributed by atoms with Crippen molar-refractivity contribution >= 4 is 28.3 Å². The van der Waals surface area contributed by atoms with Crippen molar-refractivity contribution in [2.75, 3.05) is 6.54 Å². The molecule has 1 aromatic carbocycles. The van der Waals surface area contributed by atoms with Gasteiger partial charge in [-0.1, -0.05) is 12.1 Å². The number of para-hydroxylation sites is 2. The fourth-order valence-electron chi connectivity index (χ4n) is 3.18. The molecule has 28 heavy (non-hydrogen) atoms. The zero-order valence-electron chi connectivity index (χ0n) is 15.6. The first-order chi connectivity index (χ1) is 13.7. The van der Waals surface area contributed by atoms with Crippen molar-refractivity contribution in [1.82, 2.24) is 24.8 Å². The molecule has 0 unspecified atom stereocenters. The number of nitrogens with one attached hydrogen (secondary N) is 1. The van der Waals surface area contributed by atoms with Crippen LogP contribution in [0.1, 0.15) is 17.9 Å². The summed E-state index contributed by atoms with van der Waals surface area (Å²) in [6.07, 6.45) is 4.67. The number of amides is 1. The summed E-state index contributed by atoms with van der Waals surface area (Å²) in [6.45, 7) is 3.47. The van der Waals surface area contributed by atoms with Crippen LogP contribution in [-0.2, 0) is 17.8 Å². The lowest BCUT2D eigenvalue weighted by molar-refractivity contribution is -0.120. The molecule has 0 aliphatic carbocycles. The molecule has 142 valence electrons. The molecular weight excluding hydrogens is 370 g/mol. The van der Waals surface area contributed by atoms with Crippen molar-refractivity contribution in [2.24, 2.45) is 0 Å². The van der Waals surface area contributed by atoms with Crippen molar-refractivity contribution in [3.05, 3.63) is 65.7 Å². The zero-order chi connectivity index (χ0) is 19.3. The molecule has 4 aromatic rings. The molecule has 0 aliphatic rings. The maximum absolute atomic E-state index is 12.2. The lowest BCUT2D eigenvalue weighted by Crippen LogP contribution is -2.27. The van der Waals surface area contributed by atoms with E-state index >= 15 is 0 Å². The number of hydrogen-bond acceptors (Lipinski definition) is 5. The molecule has 1 amide bonds. The van der Waals surface area contributed by atoms with Crippen molar-refractivity contribution in [3.8, 4) is 10.6 Å². The van der Waals surface area contributed by atoms with E-state index in [2.05, 4.69) is 30.9 Å². The predicted octanol–water partition coefficient (Wildman–Crippen LogP) is 3.61. The Kier molecular flexibility index (Phi) is 5.43. The molecule has 7 heteroatoms. The molecule has 0 spiro atoms. The number of fused-ring (bicyclic) bond motifs is 1. The van der Waals surface area contributed by atoms with E-state index in [1.807, 2.05) is 42.6 Å². The first-order valence-corrected chi connectivity index (χ1v) is 10.1. The number of benzene rings is 1. The summed E-state index contributed by atoms with van der Waals surface area (Å²) in [6, 6.07) is 12.0. The van der Waals surface area contributed by atoms with Crippen LogP contribution in [0.25, 0.3) is 21.6 Å². The number of imidazole rings is 1. The van der Waals surface area contributed by atoms with Crippen molar-refractivity contribution in [3.63, 3.8) is 0 Å². The SMILES string of the molecule is Cc1nc2ccccc2n1CCCNC(=O)Cc1csc(-c2cccnc2)n1. The number of thiazole rings is 1. The lowest BCUT2D eigenvalue weighted by atomic mass is 10.3. The van der Waals surface area contributed by atoms with Gasteiger partial charge in [-0.3, -0.25) is 9.78 Å². The van der Waals surface area contributed by atoms with Gasteiger partial charge in [0.15, 0.2) is 0 Å². The Hall–Kier alpha value is -3.06. The quantitative estimate of drug-likeness (QED) is 0.489. The van der Waals surface area contributed by atoms with E-state index < -0.39 is 0 Å². The summed E-state index contributed by atoms with van der Waals surface area (Å²) in [4.78, 5) is 25.4. The van der Waals surface area contributed by atoms with Gasteiger partial charge in [0, 0.05) is 36.4 Å². The van der Waals surface area contributed by atoms with Crippen LogP contribution in [0.4, 0.5) is 0 Å². The monoisotopic (exact) mass is 391 g/mol. The third-order valence-corrected chi connectivity index (χ3v) is 5.47. The van der Waals surface area contributed by atoms with Crippen LogP contribution >= 0.6 is 11.3 Å². The minimum Gasteiger partial charge on any atom is -0.356 e. The van der Waals surface area contributed by atoms with Crippen molar-refractivity contribution in [2.45, 2.75) is 26.3 Å². The molecule has 6 nitrogen and oxygen atoms in total. The van der Waals surface area contributed by atoms with Gasteiger partial charge in [-0.2, -0.15) is 0 Å². The fraction of sp³-hybridized carbons (Fsp3) is 0.238. The Labute approximate surface area is 167 Å². The average molecular weight is 392 g/mol. The molecule has 0 bridgehead atoms. The Balaban J connectivity index is 1.27. The minimum absolute atomic E-state index is 0.00440. The second-order valence-electron chi connectivity index (χ2n) is 6.57. The summed E-state index contributed by atoms with van der Waals surface area (Å²) >= 11 is 1.53. The summed E-state index contributed by atoms with van der Waals surface area (Å²) in [7, 11) is 0. The predicted molar refractivity (Wildman–Crippen MR) is 111 cm³/mol. The molecule has 0 radical (unpaired) electrons. The van der Waals surface area contributed by atoms with Gasteiger partial charge in [-0.25, -0.2) is 9.97 Å². The van der Waals surface area contributed by atoms with E-state index in [9.17, 15) is 4.79 Å². The number of aromatic nitrogens is 4. The maximum Gasteiger partial charge on any atom is 0.226 e. The highest BCUT2D eigenvalue weighted by atomic mass is 32.1. The molecule has 3 heterocycles. The van der Waals surface area contributed by atoms with E-state index in [0.29, 0.717) is 13.0 Å². The number of nitrogens with zero attached hydrogens (tertiary/aromatic N) is 4. The topological polar surface area (TPSA) is 72.7 Å². The molecule has 0 aliphatic heterocycles. The van der Waals surface area contributed by atoms with Gasteiger partial charge in [0.1, 0.15) is 10.8 Å². The van der Waals surface area contributed by atoms with Gasteiger partial charge >= 0.3 is 0 Å². The fourth-order valence-corrected chi connectivity index (χ4v) is 3.99. The third-order valence-electron chi connectivity index (χ3n) is 4.53. The van der Waals surface area contributed by atoms with Gasteiger partial charge in [0.05, 0.1) is 23.1 Å². The Morgan fingerprint density at radius 2 is 2.07 bits per heavy atom. The van der Waals surface area contributed by atoms with Gasteiger partial charge < -0.3 is 9.88 Å². The summed E-state index contributed by atoms with van der Waals surface area (Å²) in [5, 5.41) is 5.81. The van der Waals surface area contributed by atoms with Gasteiger partial charge in [-0.15, -0.1) is 11.3 Å². The number of carbonyl (C=O) groups excluding carboxylic acids is 1. The molecule has 0 fully saturated rings. The van der Waals surface area contributed by atoms with E-state index in [1.165, 1.54) is 11.3 Å². The molecule has 0 saturated carbocycles. The van der Waals surface area contributed by atoms with Crippen LogP contribution in [0.2, 0.25) is 0 Å². The van der Waals surface area contributed by atoms with Crippen LogP contribution in [-0.4, -0.2) is 32.0 Å². The number of pyridine rings is 1. The Bertz CT molecular complexity index is 1090. The lowest BCUT2D eigenvalue weighted by Gasteiger charge is -2.08. The van der Waals surface area contributed by atoms with E-state index in [4.69, 9.17) is 0 Å².